The Kier molecular flexibility index (Phi) is 6.32. The first-order valence-corrected chi connectivity index (χ1v) is 8.28. The molecule has 0 aliphatic heterocycles. The molecule has 2 aromatic rings. The molecule has 0 amide bonds. The topological polar surface area (TPSA) is 12.5 Å². The molecule has 1 unspecified atom stereocenters. The van der Waals surface area contributed by atoms with E-state index in [1.807, 2.05) is 6.07 Å². The van der Waals surface area contributed by atoms with Crippen LogP contribution in [-0.2, 0) is 6.54 Å². The van der Waals surface area contributed by atoms with Gasteiger partial charge in [0, 0.05) is 24.3 Å². The Labute approximate surface area is 134 Å². The highest BCUT2D eigenvalue weighted by Crippen LogP contribution is 2.25. The van der Waals surface area contributed by atoms with E-state index in [2.05, 4.69) is 74.2 Å². The summed E-state index contributed by atoms with van der Waals surface area (Å²) in [5.74, 6) is 0.959. The van der Waals surface area contributed by atoms with Crippen molar-refractivity contribution in [3.8, 4) is 5.75 Å². The molecular formula is C20H27NO. The van der Waals surface area contributed by atoms with Gasteiger partial charge < -0.3 is 9.64 Å². The Bertz CT molecular complexity index is 553. The van der Waals surface area contributed by atoms with Gasteiger partial charge in [-0.2, -0.15) is 0 Å². The molecule has 1 atom stereocenters. The SMILES string of the molecule is CCCOc1cccc(N(Cc2ccccc2)C(C)CC)c1. The summed E-state index contributed by atoms with van der Waals surface area (Å²) >= 11 is 0. The first-order chi connectivity index (χ1) is 10.7. The van der Waals surface area contributed by atoms with Crippen molar-refractivity contribution in [2.75, 3.05) is 11.5 Å². The molecule has 2 heteroatoms. The van der Waals surface area contributed by atoms with Crippen molar-refractivity contribution in [2.24, 2.45) is 0 Å². The van der Waals surface area contributed by atoms with E-state index in [9.17, 15) is 0 Å². The van der Waals surface area contributed by atoms with Crippen LogP contribution in [0, 0.1) is 0 Å². The summed E-state index contributed by atoms with van der Waals surface area (Å²) in [5.41, 5.74) is 2.56. The second kappa shape index (κ2) is 8.47. The van der Waals surface area contributed by atoms with Gasteiger partial charge in [-0.3, -0.25) is 0 Å². The minimum Gasteiger partial charge on any atom is -0.494 e. The maximum Gasteiger partial charge on any atom is 0.121 e. The first kappa shape index (κ1) is 16.4. The number of nitrogens with zero attached hydrogens (tertiary/aromatic N) is 1. The second-order valence-corrected chi connectivity index (χ2v) is 5.72. The predicted molar refractivity (Wildman–Crippen MR) is 94.6 cm³/mol. The van der Waals surface area contributed by atoms with Crippen molar-refractivity contribution < 1.29 is 4.74 Å². The molecule has 2 aromatic carbocycles. The summed E-state index contributed by atoms with van der Waals surface area (Å²) in [6.45, 7) is 8.34. The fourth-order valence-electron chi connectivity index (χ4n) is 2.47. The molecular weight excluding hydrogens is 270 g/mol. The summed E-state index contributed by atoms with van der Waals surface area (Å²) in [4.78, 5) is 2.45. The van der Waals surface area contributed by atoms with Gasteiger partial charge in [0.25, 0.3) is 0 Å². The monoisotopic (exact) mass is 297 g/mol. The molecule has 0 aromatic heterocycles. The van der Waals surface area contributed by atoms with Gasteiger partial charge in [-0.25, -0.2) is 0 Å². The summed E-state index contributed by atoms with van der Waals surface area (Å²) in [5, 5.41) is 0. The molecule has 0 radical (unpaired) electrons. The first-order valence-electron chi connectivity index (χ1n) is 8.28. The van der Waals surface area contributed by atoms with Gasteiger partial charge in [-0.15, -0.1) is 0 Å². The van der Waals surface area contributed by atoms with Gasteiger partial charge in [0.2, 0.25) is 0 Å². The lowest BCUT2D eigenvalue weighted by Gasteiger charge is -2.31. The van der Waals surface area contributed by atoms with Gasteiger partial charge in [0.05, 0.1) is 6.61 Å². The Morgan fingerprint density at radius 1 is 1.00 bits per heavy atom. The van der Waals surface area contributed by atoms with Crippen molar-refractivity contribution in [2.45, 2.75) is 46.2 Å². The van der Waals surface area contributed by atoms with Gasteiger partial charge in [0.15, 0.2) is 0 Å². The van der Waals surface area contributed by atoms with Crippen molar-refractivity contribution in [3.63, 3.8) is 0 Å². The van der Waals surface area contributed by atoms with E-state index in [0.717, 1.165) is 31.7 Å². The van der Waals surface area contributed by atoms with Crippen molar-refractivity contribution in [1.82, 2.24) is 0 Å². The quantitative estimate of drug-likeness (QED) is 0.657. The zero-order valence-electron chi connectivity index (χ0n) is 14.0. The lowest BCUT2D eigenvalue weighted by atomic mass is 10.1. The van der Waals surface area contributed by atoms with Crippen LogP contribution in [0.5, 0.6) is 5.75 Å². The Balaban J connectivity index is 2.21. The number of benzene rings is 2. The summed E-state index contributed by atoms with van der Waals surface area (Å²) < 4.78 is 5.78. The summed E-state index contributed by atoms with van der Waals surface area (Å²) in [6, 6.07) is 19.6. The Hall–Kier alpha value is -1.96. The van der Waals surface area contributed by atoms with Crippen molar-refractivity contribution >= 4 is 5.69 Å². The van der Waals surface area contributed by atoms with Crippen molar-refractivity contribution in [3.05, 3.63) is 60.2 Å². The number of ether oxygens (including phenoxy) is 1. The lowest BCUT2D eigenvalue weighted by molar-refractivity contribution is 0.317. The number of hydrogen-bond donors (Lipinski definition) is 0. The zero-order valence-corrected chi connectivity index (χ0v) is 14.0. The van der Waals surface area contributed by atoms with Crippen LogP contribution in [0.3, 0.4) is 0 Å². The molecule has 0 aliphatic carbocycles. The molecule has 0 spiro atoms. The summed E-state index contributed by atoms with van der Waals surface area (Å²) in [7, 11) is 0. The third kappa shape index (κ3) is 4.52. The normalized spacial score (nSPS) is 12.0. The maximum absolute atomic E-state index is 5.78. The number of rotatable bonds is 8. The molecule has 118 valence electrons. The van der Waals surface area contributed by atoms with E-state index in [0.29, 0.717) is 6.04 Å². The van der Waals surface area contributed by atoms with Crippen LogP contribution in [0.25, 0.3) is 0 Å². The van der Waals surface area contributed by atoms with Crippen LogP contribution in [0.1, 0.15) is 39.2 Å². The average Bonchev–Trinajstić information content (AvgIpc) is 2.58. The van der Waals surface area contributed by atoms with Gasteiger partial charge in [-0.05, 0) is 37.5 Å². The fraction of sp³-hybridized carbons (Fsp3) is 0.400. The van der Waals surface area contributed by atoms with Gasteiger partial charge >= 0.3 is 0 Å². The number of hydrogen-bond acceptors (Lipinski definition) is 2. The molecule has 2 rings (SSSR count). The molecule has 0 fully saturated rings. The molecule has 0 bridgehead atoms. The van der Waals surface area contributed by atoms with E-state index in [1.54, 1.807) is 0 Å². The smallest absolute Gasteiger partial charge is 0.121 e. The number of anilines is 1. The van der Waals surface area contributed by atoms with E-state index in [1.165, 1.54) is 11.3 Å². The van der Waals surface area contributed by atoms with E-state index >= 15 is 0 Å². The van der Waals surface area contributed by atoms with Crippen LogP contribution in [0.15, 0.2) is 54.6 Å². The van der Waals surface area contributed by atoms with Crippen LogP contribution in [0.4, 0.5) is 5.69 Å². The Morgan fingerprint density at radius 2 is 1.77 bits per heavy atom. The van der Waals surface area contributed by atoms with Gasteiger partial charge in [0.1, 0.15) is 5.75 Å². The summed E-state index contributed by atoms with van der Waals surface area (Å²) in [6.07, 6.45) is 2.15. The second-order valence-electron chi connectivity index (χ2n) is 5.72. The molecule has 22 heavy (non-hydrogen) atoms. The predicted octanol–water partition coefficient (Wildman–Crippen LogP) is 5.28. The van der Waals surface area contributed by atoms with Crippen LogP contribution in [-0.4, -0.2) is 12.6 Å². The van der Waals surface area contributed by atoms with Crippen molar-refractivity contribution in [1.29, 1.82) is 0 Å². The zero-order chi connectivity index (χ0) is 15.8. The minimum atomic E-state index is 0.488. The lowest BCUT2D eigenvalue weighted by Crippen LogP contribution is -2.32. The molecule has 0 saturated carbocycles. The minimum absolute atomic E-state index is 0.488. The third-order valence-electron chi connectivity index (χ3n) is 3.94. The largest absolute Gasteiger partial charge is 0.494 e. The Morgan fingerprint density at radius 3 is 2.45 bits per heavy atom. The highest BCUT2D eigenvalue weighted by atomic mass is 16.5. The third-order valence-corrected chi connectivity index (χ3v) is 3.94. The highest BCUT2D eigenvalue weighted by molar-refractivity contribution is 5.52. The maximum atomic E-state index is 5.78. The average molecular weight is 297 g/mol. The van der Waals surface area contributed by atoms with Crippen LogP contribution >= 0.6 is 0 Å². The molecule has 0 aliphatic rings. The highest BCUT2D eigenvalue weighted by Gasteiger charge is 2.14. The van der Waals surface area contributed by atoms with E-state index in [4.69, 9.17) is 4.74 Å². The van der Waals surface area contributed by atoms with Gasteiger partial charge in [-0.1, -0.05) is 50.2 Å². The standard InChI is InChI=1S/C20H27NO/c1-4-14-22-20-13-9-12-19(15-20)21(17(3)5-2)16-18-10-7-6-8-11-18/h6-13,15,17H,4-5,14,16H2,1-3H3. The van der Waals surface area contributed by atoms with Crippen LogP contribution in [0.2, 0.25) is 0 Å². The fourth-order valence-corrected chi connectivity index (χ4v) is 2.47. The molecule has 0 N–H and O–H groups in total. The van der Waals surface area contributed by atoms with E-state index < -0.39 is 0 Å². The molecule has 0 saturated heterocycles. The molecule has 2 nitrogen and oxygen atoms in total. The van der Waals surface area contributed by atoms with E-state index in [-0.39, 0.29) is 0 Å². The van der Waals surface area contributed by atoms with Crippen LogP contribution < -0.4 is 9.64 Å². The molecule has 0 heterocycles.